The van der Waals surface area contributed by atoms with Crippen molar-refractivity contribution in [2.75, 3.05) is 18.0 Å². The molecule has 0 radical (unpaired) electrons. The van der Waals surface area contributed by atoms with Gasteiger partial charge in [-0.25, -0.2) is 9.97 Å². The lowest BCUT2D eigenvalue weighted by atomic mass is 10.1. The van der Waals surface area contributed by atoms with E-state index in [0.717, 1.165) is 42.9 Å². The maximum Gasteiger partial charge on any atom is 0.261 e. The fraction of sp³-hybridized carbons (Fsp3) is 0.316. The van der Waals surface area contributed by atoms with Gasteiger partial charge < -0.3 is 4.90 Å². The third-order valence-electron chi connectivity index (χ3n) is 4.77. The van der Waals surface area contributed by atoms with E-state index in [1.165, 1.54) is 0 Å². The van der Waals surface area contributed by atoms with Crippen LogP contribution in [0.4, 0.5) is 5.82 Å². The molecule has 4 rings (SSSR count). The SMILES string of the molecule is Cc1cc(Cl)cc2c(=O)n(C)c(-c3cccnc3N3CCCC3)nc12. The standard InChI is InChI=1S/C19H19ClN4O/c1-12-10-13(20)11-15-16(12)22-18(23(2)19(15)25)14-6-5-7-21-17(14)24-8-3-4-9-24/h5-7,10-11H,3-4,8-9H2,1-2H3. The van der Waals surface area contributed by atoms with Crippen molar-refractivity contribution in [3.8, 4) is 11.4 Å². The zero-order chi connectivity index (χ0) is 17.6. The van der Waals surface area contributed by atoms with E-state index in [1.54, 1.807) is 23.9 Å². The second-order valence-electron chi connectivity index (χ2n) is 6.49. The maximum absolute atomic E-state index is 12.9. The summed E-state index contributed by atoms with van der Waals surface area (Å²) in [5.74, 6) is 1.53. The van der Waals surface area contributed by atoms with Crippen molar-refractivity contribution in [3.05, 3.63) is 51.4 Å². The van der Waals surface area contributed by atoms with E-state index >= 15 is 0 Å². The van der Waals surface area contributed by atoms with Crippen molar-refractivity contribution in [1.29, 1.82) is 0 Å². The Morgan fingerprint density at radius 2 is 1.96 bits per heavy atom. The van der Waals surface area contributed by atoms with E-state index in [2.05, 4.69) is 9.88 Å². The molecule has 1 saturated heterocycles. The fourth-order valence-electron chi connectivity index (χ4n) is 3.50. The zero-order valence-electron chi connectivity index (χ0n) is 14.3. The van der Waals surface area contributed by atoms with Gasteiger partial charge in [-0.05, 0) is 49.6 Å². The van der Waals surface area contributed by atoms with Crippen molar-refractivity contribution in [3.63, 3.8) is 0 Å². The molecule has 25 heavy (non-hydrogen) atoms. The second kappa shape index (κ2) is 6.15. The minimum Gasteiger partial charge on any atom is -0.356 e. The van der Waals surface area contributed by atoms with E-state index in [4.69, 9.17) is 16.6 Å². The summed E-state index contributed by atoms with van der Waals surface area (Å²) in [5, 5.41) is 1.10. The molecule has 5 nitrogen and oxygen atoms in total. The quantitative estimate of drug-likeness (QED) is 0.706. The zero-order valence-corrected chi connectivity index (χ0v) is 15.0. The van der Waals surface area contributed by atoms with Crippen LogP contribution in [-0.2, 0) is 7.05 Å². The Morgan fingerprint density at radius 1 is 1.20 bits per heavy atom. The monoisotopic (exact) mass is 354 g/mol. The number of hydrogen-bond acceptors (Lipinski definition) is 4. The highest BCUT2D eigenvalue weighted by Gasteiger charge is 2.21. The van der Waals surface area contributed by atoms with Gasteiger partial charge in [-0.2, -0.15) is 0 Å². The van der Waals surface area contributed by atoms with Crippen molar-refractivity contribution < 1.29 is 0 Å². The Labute approximate surface area is 150 Å². The highest BCUT2D eigenvalue weighted by Crippen LogP contribution is 2.30. The molecule has 1 aromatic carbocycles. The summed E-state index contributed by atoms with van der Waals surface area (Å²) in [4.78, 5) is 24.5. The van der Waals surface area contributed by atoms with Crippen LogP contribution in [0.2, 0.25) is 5.02 Å². The van der Waals surface area contributed by atoms with Gasteiger partial charge in [0.1, 0.15) is 11.6 Å². The summed E-state index contributed by atoms with van der Waals surface area (Å²) in [5.41, 5.74) is 2.38. The third kappa shape index (κ3) is 2.68. The molecule has 1 aliphatic rings. The van der Waals surface area contributed by atoms with Gasteiger partial charge in [-0.3, -0.25) is 9.36 Å². The van der Waals surface area contributed by atoms with Crippen LogP contribution in [0.15, 0.2) is 35.3 Å². The van der Waals surface area contributed by atoms with Gasteiger partial charge in [-0.1, -0.05) is 11.6 Å². The molecule has 2 aromatic heterocycles. The average Bonchev–Trinajstić information content (AvgIpc) is 3.13. The predicted octanol–water partition coefficient (Wildman–Crippen LogP) is 3.56. The van der Waals surface area contributed by atoms with Crippen molar-refractivity contribution in [2.45, 2.75) is 19.8 Å². The van der Waals surface area contributed by atoms with Crippen molar-refractivity contribution in [2.24, 2.45) is 7.05 Å². The molecule has 3 aromatic rings. The molecular formula is C19H19ClN4O. The number of benzene rings is 1. The van der Waals surface area contributed by atoms with Gasteiger partial charge in [0, 0.05) is 31.4 Å². The molecule has 0 atom stereocenters. The number of halogens is 1. The van der Waals surface area contributed by atoms with Crippen LogP contribution in [-0.4, -0.2) is 27.6 Å². The highest BCUT2D eigenvalue weighted by atomic mass is 35.5. The first-order valence-corrected chi connectivity index (χ1v) is 8.81. The lowest BCUT2D eigenvalue weighted by molar-refractivity contribution is 0.849. The number of hydrogen-bond donors (Lipinski definition) is 0. The van der Waals surface area contributed by atoms with Gasteiger partial charge in [0.25, 0.3) is 5.56 Å². The molecule has 0 unspecified atom stereocenters. The molecule has 1 fully saturated rings. The topological polar surface area (TPSA) is 51.0 Å². The first kappa shape index (κ1) is 16.1. The molecule has 0 amide bonds. The summed E-state index contributed by atoms with van der Waals surface area (Å²) in [6.07, 6.45) is 4.12. The summed E-state index contributed by atoms with van der Waals surface area (Å²) in [6.45, 7) is 3.90. The van der Waals surface area contributed by atoms with Gasteiger partial charge in [-0.15, -0.1) is 0 Å². The Kier molecular flexibility index (Phi) is 3.96. The summed E-state index contributed by atoms with van der Waals surface area (Å²) < 4.78 is 1.59. The lowest BCUT2D eigenvalue weighted by Crippen LogP contribution is -2.23. The molecule has 0 saturated carbocycles. The summed E-state index contributed by atoms with van der Waals surface area (Å²) in [7, 11) is 1.75. The largest absolute Gasteiger partial charge is 0.356 e. The minimum absolute atomic E-state index is 0.0955. The van der Waals surface area contributed by atoms with E-state index in [1.807, 2.05) is 25.1 Å². The fourth-order valence-corrected chi connectivity index (χ4v) is 3.77. The lowest BCUT2D eigenvalue weighted by Gasteiger charge is -2.20. The summed E-state index contributed by atoms with van der Waals surface area (Å²) in [6, 6.07) is 7.40. The predicted molar refractivity (Wildman–Crippen MR) is 101 cm³/mol. The number of pyridine rings is 1. The van der Waals surface area contributed by atoms with E-state index < -0.39 is 0 Å². The number of aromatic nitrogens is 3. The molecule has 6 heteroatoms. The number of anilines is 1. The van der Waals surface area contributed by atoms with E-state index in [0.29, 0.717) is 21.7 Å². The molecule has 1 aliphatic heterocycles. The number of rotatable bonds is 2. The maximum atomic E-state index is 12.9. The Morgan fingerprint density at radius 3 is 2.72 bits per heavy atom. The second-order valence-corrected chi connectivity index (χ2v) is 6.92. The van der Waals surface area contributed by atoms with Crippen LogP contribution in [0.1, 0.15) is 18.4 Å². The number of nitrogens with zero attached hydrogens (tertiary/aromatic N) is 4. The first-order chi connectivity index (χ1) is 12.1. The molecule has 128 valence electrons. The Bertz CT molecular complexity index is 1020. The minimum atomic E-state index is -0.0955. The van der Waals surface area contributed by atoms with E-state index in [-0.39, 0.29) is 5.56 Å². The van der Waals surface area contributed by atoms with Crippen LogP contribution in [0.5, 0.6) is 0 Å². The Hall–Kier alpha value is -2.40. The molecule has 0 spiro atoms. The summed E-state index contributed by atoms with van der Waals surface area (Å²) >= 11 is 6.12. The van der Waals surface area contributed by atoms with Crippen molar-refractivity contribution in [1.82, 2.24) is 14.5 Å². The van der Waals surface area contributed by atoms with Gasteiger partial charge in [0.2, 0.25) is 0 Å². The number of aryl methyl sites for hydroxylation is 1. The third-order valence-corrected chi connectivity index (χ3v) is 4.99. The van der Waals surface area contributed by atoms with Gasteiger partial charge in [0.15, 0.2) is 0 Å². The first-order valence-electron chi connectivity index (χ1n) is 8.43. The van der Waals surface area contributed by atoms with E-state index in [9.17, 15) is 4.79 Å². The molecule has 0 N–H and O–H groups in total. The molecule has 0 bridgehead atoms. The smallest absolute Gasteiger partial charge is 0.261 e. The van der Waals surface area contributed by atoms with Gasteiger partial charge >= 0.3 is 0 Å². The molecule has 3 heterocycles. The van der Waals surface area contributed by atoms with Crippen LogP contribution < -0.4 is 10.5 Å². The highest BCUT2D eigenvalue weighted by molar-refractivity contribution is 6.31. The normalized spacial score (nSPS) is 14.4. The van der Waals surface area contributed by atoms with Crippen LogP contribution >= 0.6 is 11.6 Å². The van der Waals surface area contributed by atoms with Crippen LogP contribution in [0.3, 0.4) is 0 Å². The van der Waals surface area contributed by atoms with Crippen LogP contribution in [0, 0.1) is 6.92 Å². The molecule has 0 aliphatic carbocycles. The Balaban J connectivity index is 2.00. The van der Waals surface area contributed by atoms with Gasteiger partial charge in [0.05, 0.1) is 16.5 Å². The van der Waals surface area contributed by atoms with Crippen LogP contribution in [0.25, 0.3) is 22.3 Å². The average molecular weight is 355 g/mol. The molecular weight excluding hydrogens is 336 g/mol. The number of fused-ring (bicyclic) bond motifs is 1. The van der Waals surface area contributed by atoms with Crippen molar-refractivity contribution >= 4 is 28.3 Å².